The Kier molecular flexibility index (Phi) is 7.07. The zero-order valence-corrected chi connectivity index (χ0v) is 14.4. The summed E-state index contributed by atoms with van der Waals surface area (Å²) in [6, 6.07) is 13.7. The Bertz CT molecular complexity index is 678. The predicted octanol–water partition coefficient (Wildman–Crippen LogP) is 4.39. The number of halogens is 2. The lowest BCUT2D eigenvalue weighted by Crippen LogP contribution is -2.38. The number of carbonyl (C=O) groups is 1. The molecule has 0 saturated carbocycles. The second kappa shape index (κ2) is 9.28. The van der Waals surface area contributed by atoms with E-state index in [2.05, 4.69) is 5.32 Å². The number of carbonyl (C=O) groups excluding carboxylic acids is 1. The predicted molar refractivity (Wildman–Crippen MR) is 93.9 cm³/mol. The molecule has 24 heavy (non-hydrogen) atoms. The first-order valence-electron chi connectivity index (χ1n) is 8.04. The van der Waals surface area contributed by atoms with Crippen LogP contribution in [0, 0.1) is 5.82 Å². The van der Waals surface area contributed by atoms with E-state index < -0.39 is 11.9 Å². The summed E-state index contributed by atoms with van der Waals surface area (Å²) in [4.78, 5) is 12.2. The van der Waals surface area contributed by atoms with Crippen LogP contribution in [0.1, 0.15) is 25.3 Å². The van der Waals surface area contributed by atoms with Crippen LogP contribution in [0.15, 0.2) is 48.5 Å². The molecule has 1 amide bonds. The van der Waals surface area contributed by atoms with E-state index in [0.29, 0.717) is 13.0 Å². The summed E-state index contributed by atoms with van der Waals surface area (Å²) in [5, 5.41) is 3.57. The molecule has 0 bridgehead atoms. The van der Waals surface area contributed by atoms with Gasteiger partial charge in [0.25, 0.3) is 5.91 Å². The van der Waals surface area contributed by atoms with E-state index in [1.165, 1.54) is 12.1 Å². The molecule has 0 radical (unpaired) electrons. The summed E-state index contributed by atoms with van der Waals surface area (Å²) < 4.78 is 19.1. The molecule has 0 spiro atoms. The Morgan fingerprint density at radius 3 is 2.62 bits per heavy atom. The van der Waals surface area contributed by atoms with E-state index in [1.807, 2.05) is 31.2 Å². The van der Waals surface area contributed by atoms with Gasteiger partial charge in [-0.25, -0.2) is 4.39 Å². The molecule has 0 saturated heterocycles. The van der Waals surface area contributed by atoms with Gasteiger partial charge in [-0.15, -0.1) is 0 Å². The number of para-hydroxylation sites is 1. The number of hydrogen-bond acceptors (Lipinski definition) is 2. The highest BCUT2D eigenvalue weighted by atomic mass is 35.5. The van der Waals surface area contributed by atoms with Crippen LogP contribution in [-0.4, -0.2) is 18.6 Å². The van der Waals surface area contributed by atoms with Crippen molar-refractivity contribution in [3.05, 3.63) is 64.9 Å². The second-order valence-electron chi connectivity index (χ2n) is 5.43. The molecule has 0 heterocycles. The molecule has 0 aliphatic heterocycles. The number of rotatable bonds is 8. The third-order valence-electron chi connectivity index (χ3n) is 3.65. The summed E-state index contributed by atoms with van der Waals surface area (Å²) in [5.41, 5.74) is 1.06. The van der Waals surface area contributed by atoms with E-state index >= 15 is 0 Å². The minimum Gasteiger partial charge on any atom is -0.478 e. The average molecular weight is 350 g/mol. The molecule has 0 fully saturated rings. The highest BCUT2D eigenvalue weighted by Crippen LogP contribution is 2.18. The van der Waals surface area contributed by atoms with Gasteiger partial charge in [-0.3, -0.25) is 4.79 Å². The summed E-state index contributed by atoms with van der Waals surface area (Å²) >= 11 is 6.10. The van der Waals surface area contributed by atoms with Crippen molar-refractivity contribution in [2.75, 3.05) is 6.54 Å². The third kappa shape index (κ3) is 5.24. The van der Waals surface area contributed by atoms with Gasteiger partial charge in [0.15, 0.2) is 17.7 Å². The lowest BCUT2D eigenvalue weighted by atomic mass is 10.1. The molecule has 0 aromatic heterocycles. The standard InChI is InChI=1S/C19H21ClFNO2/c1-2-17(24-18-12-6-5-11-16(18)21)19(23)22-13-7-9-14-8-3-4-10-15(14)20/h3-6,8,10-12,17H,2,7,9,13H2,1H3,(H,22,23). The van der Waals surface area contributed by atoms with Crippen LogP contribution in [0.5, 0.6) is 5.75 Å². The number of ether oxygens (including phenoxy) is 1. The van der Waals surface area contributed by atoms with Gasteiger partial charge in [-0.2, -0.15) is 0 Å². The molecule has 1 unspecified atom stereocenters. The normalized spacial score (nSPS) is 11.8. The summed E-state index contributed by atoms with van der Waals surface area (Å²) in [6.45, 7) is 2.34. The van der Waals surface area contributed by atoms with Gasteiger partial charge < -0.3 is 10.1 Å². The van der Waals surface area contributed by atoms with Gasteiger partial charge in [-0.05, 0) is 43.0 Å². The molecule has 0 aliphatic carbocycles. The van der Waals surface area contributed by atoms with Crippen molar-refractivity contribution in [1.82, 2.24) is 5.32 Å². The topological polar surface area (TPSA) is 38.3 Å². The van der Waals surface area contributed by atoms with Crippen LogP contribution < -0.4 is 10.1 Å². The first-order valence-corrected chi connectivity index (χ1v) is 8.42. The molecule has 0 aliphatic rings. The number of nitrogens with one attached hydrogen (secondary N) is 1. The third-order valence-corrected chi connectivity index (χ3v) is 4.02. The van der Waals surface area contributed by atoms with E-state index in [0.717, 1.165) is 23.4 Å². The maximum absolute atomic E-state index is 13.6. The highest BCUT2D eigenvalue weighted by Gasteiger charge is 2.19. The second-order valence-corrected chi connectivity index (χ2v) is 5.84. The smallest absolute Gasteiger partial charge is 0.261 e. The van der Waals surface area contributed by atoms with Gasteiger partial charge in [0.2, 0.25) is 0 Å². The van der Waals surface area contributed by atoms with E-state index in [-0.39, 0.29) is 11.7 Å². The van der Waals surface area contributed by atoms with Crippen LogP contribution in [0.2, 0.25) is 5.02 Å². The lowest BCUT2D eigenvalue weighted by Gasteiger charge is -2.17. The van der Waals surface area contributed by atoms with Crippen molar-refractivity contribution >= 4 is 17.5 Å². The largest absolute Gasteiger partial charge is 0.478 e. The molecule has 5 heteroatoms. The number of hydrogen-bond donors (Lipinski definition) is 1. The highest BCUT2D eigenvalue weighted by molar-refractivity contribution is 6.31. The molecule has 3 nitrogen and oxygen atoms in total. The van der Waals surface area contributed by atoms with Crippen LogP contribution in [0.25, 0.3) is 0 Å². The summed E-state index contributed by atoms with van der Waals surface area (Å²) in [5.74, 6) is -0.613. The zero-order valence-electron chi connectivity index (χ0n) is 13.6. The molecular weight excluding hydrogens is 329 g/mol. The summed E-state index contributed by atoms with van der Waals surface area (Å²) in [7, 11) is 0. The molecular formula is C19H21ClFNO2. The fraction of sp³-hybridized carbons (Fsp3) is 0.316. The molecule has 1 N–H and O–H groups in total. The van der Waals surface area contributed by atoms with E-state index in [9.17, 15) is 9.18 Å². The average Bonchev–Trinajstić information content (AvgIpc) is 2.59. The lowest BCUT2D eigenvalue weighted by molar-refractivity contribution is -0.128. The van der Waals surface area contributed by atoms with Gasteiger partial charge in [0, 0.05) is 11.6 Å². The first kappa shape index (κ1) is 18.3. The first-order chi connectivity index (χ1) is 11.6. The number of benzene rings is 2. The fourth-order valence-corrected chi connectivity index (χ4v) is 2.55. The number of amides is 1. The fourth-order valence-electron chi connectivity index (χ4n) is 2.32. The van der Waals surface area contributed by atoms with Crippen molar-refractivity contribution in [3.8, 4) is 5.75 Å². The van der Waals surface area contributed by atoms with Crippen molar-refractivity contribution in [2.45, 2.75) is 32.3 Å². The van der Waals surface area contributed by atoms with Gasteiger partial charge in [0.05, 0.1) is 0 Å². The van der Waals surface area contributed by atoms with E-state index in [1.54, 1.807) is 12.1 Å². The quantitative estimate of drug-likeness (QED) is 0.718. The minimum absolute atomic E-state index is 0.0931. The molecule has 1 atom stereocenters. The van der Waals surface area contributed by atoms with Crippen LogP contribution in [0.3, 0.4) is 0 Å². The Balaban J connectivity index is 1.80. The van der Waals surface area contributed by atoms with Crippen molar-refractivity contribution < 1.29 is 13.9 Å². The Morgan fingerprint density at radius 1 is 1.21 bits per heavy atom. The molecule has 2 rings (SSSR count). The van der Waals surface area contributed by atoms with Crippen LogP contribution >= 0.6 is 11.6 Å². The molecule has 128 valence electrons. The van der Waals surface area contributed by atoms with Crippen LogP contribution in [-0.2, 0) is 11.2 Å². The minimum atomic E-state index is -0.706. The van der Waals surface area contributed by atoms with Crippen LogP contribution in [0.4, 0.5) is 4.39 Å². The maximum atomic E-state index is 13.6. The van der Waals surface area contributed by atoms with Crippen molar-refractivity contribution in [1.29, 1.82) is 0 Å². The Labute approximate surface area is 146 Å². The summed E-state index contributed by atoms with van der Waals surface area (Å²) in [6.07, 6.45) is 1.31. The Morgan fingerprint density at radius 2 is 1.92 bits per heavy atom. The maximum Gasteiger partial charge on any atom is 0.261 e. The monoisotopic (exact) mass is 349 g/mol. The van der Waals surface area contributed by atoms with Gasteiger partial charge >= 0.3 is 0 Å². The number of aryl methyl sites for hydroxylation is 1. The van der Waals surface area contributed by atoms with Crippen molar-refractivity contribution in [2.24, 2.45) is 0 Å². The zero-order chi connectivity index (χ0) is 17.4. The van der Waals surface area contributed by atoms with Gasteiger partial charge in [-0.1, -0.05) is 48.9 Å². The van der Waals surface area contributed by atoms with E-state index in [4.69, 9.17) is 16.3 Å². The SMILES string of the molecule is CCC(Oc1ccccc1F)C(=O)NCCCc1ccccc1Cl. The molecule has 2 aromatic rings. The molecule has 2 aromatic carbocycles. The Hall–Kier alpha value is -2.07. The van der Waals surface area contributed by atoms with Gasteiger partial charge in [0.1, 0.15) is 0 Å². The van der Waals surface area contributed by atoms with Crippen molar-refractivity contribution in [3.63, 3.8) is 0 Å².